The Labute approximate surface area is 256 Å². The van der Waals surface area contributed by atoms with E-state index in [1.807, 2.05) is 13.0 Å². The number of hydrogen-bond acceptors (Lipinski definition) is 10. The molecule has 0 radical (unpaired) electrons. The molecule has 43 heavy (non-hydrogen) atoms. The Bertz CT molecular complexity index is 1010. The summed E-state index contributed by atoms with van der Waals surface area (Å²) < 4.78 is 17.2. The molecule has 0 aromatic rings. The number of aliphatic hydroxyl groups excluding tert-OH is 6. The summed E-state index contributed by atoms with van der Waals surface area (Å²) in [4.78, 5) is 0. The van der Waals surface area contributed by atoms with E-state index in [1.54, 1.807) is 0 Å². The molecule has 5 rings (SSSR count). The Kier molecular flexibility index (Phi) is 9.80. The van der Waals surface area contributed by atoms with Gasteiger partial charge in [-0.1, -0.05) is 46.6 Å². The number of fused-ring (bicyclic) bond motifs is 5. The van der Waals surface area contributed by atoms with Gasteiger partial charge in [0.1, 0.15) is 18.3 Å². The van der Waals surface area contributed by atoms with Gasteiger partial charge < -0.3 is 50.0 Å². The number of methoxy groups -OCH3 is 1. The van der Waals surface area contributed by atoms with Gasteiger partial charge in [-0.2, -0.15) is 0 Å². The van der Waals surface area contributed by atoms with Crippen LogP contribution in [0, 0.1) is 40.4 Å². The van der Waals surface area contributed by atoms with E-state index in [9.17, 15) is 35.7 Å². The molecule has 16 atom stereocenters. The van der Waals surface area contributed by atoms with Crippen molar-refractivity contribution in [1.82, 2.24) is 0 Å². The Morgan fingerprint density at radius 3 is 2.40 bits per heavy atom. The first-order valence-corrected chi connectivity index (χ1v) is 16.5. The van der Waals surface area contributed by atoms with E-state index in [-0.39, 0.29) is 43.3 Å². The highest BCUT2D eigenvalue weighted by Crippen LogP contribution is 2.69. The van der Waals surface area contributed by atoms with Crippen molar-refractivity contribution < 1.29 is 50.0 Å². The molecule has 7 N–H and O–H groups in total. The Morgan fingerprint density at radius 2 is 1.72 bits per heavy atom. The van der Waals surface area contributed by atoms with Crippen molar-refractivity contribution in [2.75, 3.05) is 20.3 Å². The zero-order chi connectivity index (χ0) is 31.5. The van der Waals surface area contributed by atoms with Gasteiger partial charge in [0.15, 0.2) is 6.29 Å². The smallest absolute Gasteiger partial charge is 0.187 e. The lowest BCUT2D eigenvalue weighted by Crippen LogP contribution is -2.66. The van der Waals surface area contributed by atoms with Crippen LogP contribution in [0.2, 0.25) is 0 Å². The summed E-state index contributed by atoms with van der Waals surface area (Å²) in [5.74, 6) is -0.578. The van der Waals surface area contributed by atoms with Crippen LogP contribution in [-0.2, 0) is 14.2 Å². The van der Waals surface area contributed by atoms with Gasteiger partial charge in [-0.05, 0) is 72.2 Å². The van der Waals surface area contributed by atoms with Crippen LogP contribution in [0.25, 0.3) is 0 Å². The predicted molar refractivity (Wildman–Crippen MR) is 158 cm³/mol. The number of hydrogen-bond donors (Lipinski definition) is 7. The van der Waals surface area contributed by atoms with Gasteiger partial charge in [0.2, 0.25) is 0 Å². The molecule has 0 spiro atoms. The topological polar surface area (TPSA) is 169 Å². The fraction of sp³-hybridized carbons (Fsp3) is 0.939. The number of aliphatic hydroxyl groups is 7. The van der Waals surface area contributed by atoms with Gasteiger partial charge >= 0.3 is 0 Å². The van der Waals surface area contributed by atoms with Crippen LogP contribution in [0.3, 0.4) is 0 Å². The first-order chi connectivity index (χ1) is 20.2. The van der Waals surface area contributed by atoms with Crippen molar-refractivity contribution in [3.8, 4) is 0 Å². The summed E-state index contributed by atoms with van der Waals surface area (Å²) in [6.07, 6.45) is 0.172. The third-order valence-electron chi connectivity index (χ3n) is 12.6. The van der Waals surface area contributed by atoms with E-state index in [4.69, 9.17) is 14.2 Å². The van der Waals surface area contributed by atoms with Crippen molar-refractivity contribution in [2.24, 2.45) is 40.4 Å². The molecule has 248 valence electrons. The van der Waals surface area contributed by atoms with Gasteiger partial charge in [0.05, 0.1) is 36.6 Å². The van der Waals surface area contributed by atoms with Crippen LogP contribution in [-0.4, -0.2) is 111 Å². The van der Waals surface area contributed by atoms with Crippen LogP contribution < -0.4 is 0 Å². The van der Waals surface area contributed by atoms with E-state index in [1.165, 1.54) is 7.11 Å². The highest BCUT2D eigenvalue weighted by atomic mass is 16.7. The normalized spacial score (nSPS) is 51.2. The Hall–Kier alpha value is -0.660. The maximum absolute atomic E-state index is 12.6. The molecule has 1 saturated heterocycles. The second kappa shape index (κ2) is 12.5. The lowest BCUT2D eigenvalue weighted by atomic mass is 9.43. The van der Waals surface area contributed by atoms with Crippen LogP contribution in [0.4, 0.5) is 0 Å². The van der Waals surface area contributed by atoms with Crippen molar-refractivity contribution in [3.05, 3.63) is 11.6 Å². The first kappa shape index (κ1) is 33.7. The maximum atomic E-state index is 12.6. The summed E-state index contributed by atoms with van der Waals surface area (Å²) in [5, 5.41) is 77.0. The molecule has 5 aliphatic rings. The van der Waals surface area contributed by atoms with E-state index in [2.05, 4.69) is 20.8 Å². The molecule has 4 fully saturated rings. The van der Waals surface area contributed by atoms with Crippen LogP contribution in [0.15, 0.2) is 11.6 Å². The maximum Gasteiger partial charge on any atom is 0.187 e. The average molecular weight is 613 g/mol. The largest absolute Gasteiger partial charge is 0.396 e. The average Bonchev–Trinajstić information content (AvgIpc) is 3.16. The standard InChI is InChI=1S/C33H56O10/c1-17(15-34)7-6-8-18(2)24-26(38)27(39)29-32(24,4)12-10-23-31(3)11-9-19(13-20(31)21(35)14-33(23,29)40)43-30-28(41-5)25(37)22(36)16-42-30/h13,17-19,21-30,34-40H,6-12,14-16H2,1-5H3/t17-,18+,19-,21+,22?,23?,24-,25?,26+,27-,28?,29?,30?,31-,32+,33-/m0/s1. The summed E-state index contributed by atoms with van der Waals surface area (Å²) in [6, 6.07) is 0. The van der Waals surface area contributed by atoms with Gasteiger partial charge in [-0.15, -0.1) is 0 Å². The molecule has 3 saturated carbocycles. The first-order valence-electron chi connectivity index (χ1n) is 16.5. The quantitative estimate of drug-likeness (QED) is 0.190. The highest BCUT2D eigenvalue weighted by Gasteiger charge is 2.72. The Morgan fingerprint density at radius 1 is 1.00 bits per heavy atom. The van der Waals surface area contributed by atoms with E-state index in [0.29, 0.717) is 12.8 Å². The van der Waals surface area contributed by atoms with Crippen molar-refractivity contribution >= 4 is 0 Å². The fourth-order valence-electron chi connectivity index (χ4n) is 10.5. The van der Waals surface area contributed by atoms with Crippen LogP contribution in [0.5, 0.6) is 0 Å². The minimum absolute atomic E-state index is 0.0693. The minimum atomic E-state index is -1.35. The second-order valence-corrected chi connectivity index (χ2v) is 15.2. The Balaban J connectivity index is 1.36. The molecular formula is C33H56O10. The fourth-order valence-corrected chi connectivity index (χ4v) is 10.5. The molecule has 0 aromatic carbocycles. The molecule has 10 heteroatoms. The van der Waals surface area contributed by atoms with Gasteiger partial charge in [-0.25, -0.2) is 0 Å². The van der Waals surface area contributed by atoms with Gasteiger partial charge in [0, 0.05) is 26.1 Å². The molecule has 0 amide bonds. The van der Waals surface area contributed by atoms with E-state index in [0.717, 1.165) is 37.7 Å². The summed E-state index contributed by atoms with van der Waals surface area (Å²) >= 11 is 0. The third-order valence-corrected chi connectivity index (χ3v) is 12.6. The summed E-state index contributed by atoms with van der Waals surface area (Å²) in [5.41, 5.74) is -1.53. The summed E-state index contributed by atoms with van der Waals surface area (Å²) in [6.45, 7) is 8.48. The number of ether oxygens (including phenoxy) is 3. The second-order valence-electron chi connectivity index (χ2n) is 15.2. The zero-order valence-electron chi connectivity index (χ0n) is 26.5. The lowest BCUT2D eigenvalue weighted by molar-refractivity contribution is -0.285. The highest BCUT2D eigenvalue weighted by molar-refractivity contribution is 5.33. The SMILES string of the molecule is COC1C(O[C@@H]2C=C3[C@H](O)C[C@]4(O)C(CC[C@@]5(C)C4[C@@H](O)[C@H](O)[C@@H]5[C@H](C)CCC[C@H](C)CO)[C@@]3(C)CC2)OCC(O)C1O. The molecule has 0 bridgehead atoms. The zero-order valence-corrected chi connectivity index (χ0v) is 26.5. The molecule has 0 aromatic heterocycles. The molecular weight excluding hydrogens is 556 g/mol. The third kappa shape index (κ3) is 5.55. The van der Waals surface area contributed by atoms with E-state index < -0.39 is 71.4 Å². The molecule has 1 aliphatic heterocycles. The minimum Gasteiger partial charge on any atom is -0.396 e. The van der Waals surface area contributed by atoms with Crippen LogP contribution in [0.1, 0.15) is 79.1 Å². The van der Waals surface area contributed by atoms with Gasteiger partial charge in [-0.3, -0.25) is 0 Å². The monoisotopic (exact) mass is 612 g/mol. The molecule has 10 nitrogen and oxygen atoms in total. The van der Waals surface area contributed by atoms with Crippen LogP contribution >= 0.6 is 0 Å². The van der Waals surface area contributed by atoms with E-state index >= 15 is 0 Å². The van der Waals surface area contributed by atoms with Crippen molar-refractivity contribution in [3.63, 3.8) is 0 Å². The lowest BCUT2D eigenvalue weighted by Gasteiger charge is -2.64. The van der Waals surface area contributed by atoms with Crippen molar-refractivity contribution in [1.29, 1.82) is 0 Å². The molecule has 6 unspecified atom stereocenters. The molecule has 4 aliphatic carbocycles. The van der Waals surface area contributed by atoms with Gasteiger partial charge in [0.25, 0.3) is 0 Å². The molecule has 1 heterocycles. The summed E-state index contributed by atoms with van der Waals surface area (Å²) in [7, 11) is 1.43. The predicted octanol–water partition coefficient (Wildman–Crippen LogP) is 1.51. The number of rotatable bonds is 9. The van der Waals surface area contributed by atoms with Crippen molar-refractivity contribution in [2.45, 2.75) is 134 Å².